The third-order valence-corrected chi connectivity index (χ3v) is 5.45. The van der Waals surface area contributed by atoms with Crippen LogP contribution in [0, 0.1) is 0 Å². The molecular weight excluding hydrogens is 340 g/mol. The number of benzene rings is 1. The van der Waals surface area contributed by atoms with Gasteiger partial charge in [-0.15, -0.1) is 0 Å². The molecule has 1 aromatic carbocycles. The van der Waals surface area contributed by atoms with Gasteiger partial charge in [-0.05, 0) is 24.8 Å². The van der Waals surface area contributed by atoms with Gasteiger partial charge in [0.1, 0.15) is 12.0 Å². The third kappa shape index (κ3) is 4.79. The summed E-state index contributed by atoms with van der Waals surface area (Å²) in [6, 6.07) is 10.3. The molecule has 3 rings (SSSR count). The number of nitrogens with zero attached hydrogens (tertiary/aromatic N) is 2. The highest BCUT2D eigenvalue weighted by molar-refractivity contribution is 7.91. The number of sulfone groups is 1. The molecule has 0 radical (unpaired) electrons. The summed E-state index contributed by atoms with van der Waals surface area (Å²) in [5, 5.41) is -0.255. The number of rotatable bonds is 9. The standard InChI is InChI=1S/C18H20N2O4S/c21-25(22,18-19-12-17(24-18)16-13-23-14-20-16)11-7-2-1-4-8-15-9-5-3-6-10-15/h3,5-6,9-10,12-14H,1-2,4,7-8,11H2. The van der Waals surface area contributed by atoms with Gasteiger partial charge in [0.2, 0.25) is 9.84 Å². The second-order valence-corrected chi connectivity index (χ2v) is 7.82. The summed E-state index contributed by atoms with van der Waals surface area (Å²) < 4.78 is 34.7. The molecule has 132 valence electrons. The van der Waals surface area contributed by atoms with E-state index in [2.05, 4.69) is 22.1 Å². The summed E-state index contributed by atoms with van der Waals surface area (Å²) in [5.74, 6) is 0.326. The molecule has 0 aliphatic rings. The highest BCUT2D eigenvalue weighted by atomic mass is 32.2. The molecule has 3 aromatic rings. The van der Waals surface area contributed by atoms with Crippen molar-refractivity contribution in [1.82, 2.24) is 9.97 Å². The molecule has 25 heavy (non-hydrogen) atoms. The van der Waals surface area contributed by atoms with Gasteiger partial charge in [-0.2, -0.15) is 0 Å². The van der Waals surface area contributed by atoms with Crippen LogP contribution in [0.15, 0.2) is 63.2 Å². The average Bonchev–Trinajstić information content (AvgIpc) is 3.30. The van der Waals surface area contributed by atoms with E-state index < -0.39 is 9.84 Å². The zero-order valence-corrected chi connectivity index (χ0v) is 14.6. The Balaban J connectivity index is 1.43. The van der Waals surface area contributed by atoms with E-state index in [0.29, 0.717) is 12.1 Å². The summed E-state index contributed by atoms with van der Waals surface area (Å²) in [5.41, 5.74) is 1.74. The van der Waals surface area contributed by atoms with E-state index in [1.54, 1.807) is 0 Å². The molecule has 0 saturated carbocycles. The molecule has 2 heterocycles. The minimum Gasteiger partial charge on any atom is -0.451 e. The van der Waals surface area contributed by atoms with Crippen molar-refractivity contribution in [3.8, 4) is 11.5 Å². The van der Waals surface area contributed by atoms with Gasteiger partial charge in [0.05, 0.1) is 11.9 Å². The zero-order valence-electron chi connectivity index (χ0n) is 13.8. The Morgan fingerprint density at radius 3 is 2.52 bits per heavy atom. The lowest BCUT2D eigenvalue weighted by Gasteiger charge is -2.02. The Kier molecular flexibility index (Phi) is 5.65. The van der Waals surface area contributed by atoms with E-state index in [9.17, 15) is 8.42 Å². The Morgan fingerprint density at radius 1 is 0.960 bits per heavy atom. The molecule has 0 fully saturated rings. The van der Waals surface area contributed by atoms with Crippen molar-refractivity contribution in [2.75, 3.05) is 5.75 Å². The van der Waals surface area contributed by atoms with Crippen LogP contribution in [-0.2, 0) is 16.3 Å². The fourth-order valence-corrected chi connectivity index (χ4v) is 3.75. The van der Waals surface area contributed by atoms with E-state index in [-0.39, 0.29) is 16.7 Å². The maximum absolute atomic E-state index is 12.3. The molecule has 0 bridgehead atoms. The van der Waals surface area contributed by atoms with Crippen molar-refractivity contribution in [2.24, 2.45) is 0 Å². The Hall–Kier alpha value is -2.41. The summed E-state index contributed by atoms with van der Waals surface area (Å²) in [6.45, 7) is 0. The summed E-state index contributed by atoms with van der Waals surface area (Å²) in [6.07, 6.45) is 8.52. The minimum absolute atomic E-state index is 0.0388. The second kappa shape index (κ2) is 8.11. The number of aromatic nitrogens is 2. The zero-order chi connectivity index (χ0) is 17.5. The van der Waals surface area contributed by atoms with Gasteiger partial charge in [-0.3, -0.25) is 0 Å². The second-order valence-electron chi connectivity index (χ2n) is 5.83. The lowest BCUT2D eigenvalue weighted by atomic mass is 10.1. The van der Waals surface area contributed by atoms with Gasteiger partial charge in [-0.1, -0.05) is 43.2 Å². The first-order valence-electron chi connectivity index (χ1n) is 8.26. The Bertz CT molecular complexity index is 871. The maximum atomic E-state index is 12.3. The predicted molar refractivity (Wildman–Crippen MR) is 92.7 cm³/mol. The molecule has 0 spiro atoms. The summed E-state index contributed by atoms with van der Waals surface area (Å²) in [4.78, 5) is 7.77. The topological polar surface area (TPSA) is 86.2 Å². The van der Waals surface area contributed by atoms with Gasteiger partial charge in [0, 0.05) is 0 Å². The van der Waals surface area contributed by atoms with Crippen LogP contribution >= 0.6 is 0 Å². The van der Waals surface area contributed by atoms with Crippen molar-refractivity contribution in [2.45, 2.75) is 37.3 Å². The fourth-order valence-electron chi connectivity index (χ4n) is 2.56. The van der Waals surface area contributed by atoms with Gasteiger partial charge >= 0.3 is 5.22 Å². The fraction of sp³-hybridized carbons (Fsp3) is 0.333. The van der Waals surface area contributed by atoms with Crippen molar-refractivity contribution in [3.05, 3.63) is 54.7 Å². The van der Waals surface area contributed by atoms with Gasteiger partial charge in [-0.25, -0.2) is 18.4 Å². The third-order valence-electron chi connectivity index (χ3n) is 3.91. The van der Waals surface area contributed by atoms with Crippen LogP contribution in [-0.4, -0.2) is 24.1 Å². The average molecular weight is 360 g/mol. The molecule has 0 N–H and O–H groups in total. The number of oxazole rings is 2. The van der Waals surface area contributed by atoms with Crippen LogP contribution in [0.2, 0.25) is 0 Å². The first kappa shape index (κ1) is 17.4. The molecule has 0 aliphatic carbocycles. The molecule has 0 saturated heterocycles. The molecule has 6 nitrogen and oxygen atoms in total. The van der Waals surface area contributed by atoms with Crippen molar-refractivity contribution >= 4 is 9.84 Å². The molecule has 0 atom stereocenters. The van der Waals surface area contributed by atoms with Crippen molar-refractivity contribution < 1.29 is 17.3 Å². The summed E-state index contributed by atoms with van der Waals surface area (Å²) in [7, 11) is -3.51. The van der Waals surface area contributed by atoms with E-state index in [1.807, 2.05) is 18.2 Å². The molecule has 0 unspecified atom stereocenters. The van der Waals surface area contributed by atoms with Gasteiger partial charge in [0.15, 0.2) is 12.2 Å². The van der Waals surface area contributed by atoms with Crippen LogP contribution in [0.3, 0.4) is 0 Å². The molecule has 0 aliphatic heterocycles. The van der Waals surface area contributed by atoms with E-state index in [1.165, 1.54) is 24.4 Å². The Labute approximate surface area is 146 Å². The van der Waals surface area contributed by atoms with Gasteiger partial charge in [0.25, 0.3) is 0 Å². The summed E-state index contributed by atoms with van der Waals surface area (Å²) >= 11 is 0. The molecule has 0 amide bonds. The quantitative estimate of drug-likeness (QED) is 0.538. The lowest BCUT2D eigenvalue weighted by molar-refractivity contribution is 0.438. The Morgan fingerprint density at radius 2 is 1.76 bits per heavy atom. The van der Waals surface area contributed by atoms with Crippen molar-refractivity contribution in [3.63, 3.8) is 0 Å². The SMILES string of the molecule is O=S(=O)(CCCCCCc1ccccc1)c1ncc(-c2cocn2)o1. The maximum Gasteiger partial charge on any atom is 0.315 e. The first-order valence-corrected chi connectivity index (χ1v) is 9.91. The predicted octanol–water partition coefficient (Wildman–Crippen LogP) is 3.91. The van der Waals surface area contributed by atoms with Crippen LogP contribution in [0.5, 0.6) is 0 Å². The largest absolute Gasteiger partial charge is 0.451 e. The molecule has 2 aromatic heterocycles. The number of unbranched alkanes of at least 4 members (excludes halogenated alkanes) is 3. The van der Waals surface area contributed by atoms with Crippen LogP contribution in [0.1, 0.15) is 31.2 Å². The highest BCUT2D eigenvalue weighted by Crippen LogP contribution is 2.21. The lowest BCUT2D eigenvalue weighted by Crippen LogP contribution is -2.07. The molecular formula is C18H20N2O4S. The van der Waals surface area contributed by atoms with E-state index >= 15 is 0 Å². The van der Waals surface area contributed by atoms with Gasteiger partial charge < -0.3 is 8.83 Å². The first-order chi connectivity index (χ1) is 12.1. The minimum atomic E-state index is -3.51. The van der Waals surface area contributed by atoms with Crippen LogP contribution in [0.4, 0.5) is 0 Å². The number of hydrogen-bond donors (Lipinski definition) is 0. The van der Waals surface area contributed by atoms with Crippen molar-refractivity contribution in [1.29, 1.82) is 0 Å². The van der Waals surface area contributed by atoms with E-state index in [0.717, 1.165) is 25.7 Å². The molecule has 7 heteroatoms. The van der Waals surface area contributed by atoms with E-state index in [4.69, 9.17) is 8.83 Å². The monoisotopic (exact) mass is 360 g/mol. The number of hydrogen-bond acceptors (Lipinski definition) is 6. The number of aryl methyl sites for hydroxylation is 1. The normalized spacial score (nSPS) is 11.7. The highest BCUT2D eigenvalue weighted by Gasteiger charge is 2.21. The van der Waals surface area contributed by atoms with Crippen LogP contribution < -0.4 is 0 Å². The smallest absolute Gasteiger partial charge is 0.315 e. The van der Waals surface area contributed by atoms with Crippen LogP contribution in [0.25, 0.3) is 11.5 Å².